The summed E-state index contributed by atoms with van der Waals surface area (Å²) in [6.07, 6.45) is 4.24. The van der Waals surface area contributed by atoms with E-state index in [2.05, 4.69) is 12.2 Å². The van der Waals surface area contributed by atoms with Crippen LogP contribution in [0, 0.1) is 12.8 Å². The Morgan fingerprint density at radius 1 is 1.10 bits per heavy atom. The maximum Gasteiger partial charge on any atom is 0.264 e. The molecule has 1 saturated carbocycles. The average Bonchev–Trinajstić information content (AvgIpc) is 2.74. The van der Waals surface area contributed by atoms with Crippen LogP contribution in [0.15, 0.2) is 53.4 Å². The molecule has 6 nitrogen and oxygen atoms in total. The van der Waals surface area contributed by atoms with Crippen molar-refractivity contribution in [3.63, 3.8) is 0 Å². The van der Waals surface area contributed by atoms with Gasteiger partial charge in [0.2, 0.25) is 5.91 Å². The lowest BCUT2D eigenvalue weighted by Crippen LogP contribution is -2.47. The van der Waals surface area contributed by atoms with Gasteiger partial charge < -0.3 is 10.1 Å². The molecule has 0 radical (unpaired) electrons. The number of benzene rings is 2. The molecule has 1 aliphatic rings. The number of hydrogen-bond acceptors (Lipinski definition) is 4. The third-order valence-corrected chi connectivity index (χ3v) is 7.48. The van der Waals surface area contributed by atoms with Crippen molar-refractivity contribution in [3.8, 4) is 5.75 Å². The second-order valence-electron chi connectivity index (χ2n) is 7.93. The van der Waals surface area contributed by atoms with Gasteiger partial charge in [-0.1, -0.05) is 49.6 Å². The summed E-state index contributed by atoms with van der Waals surface area (Å²) < 4.78 is 33.5. The van der Waals surface area contributed by atoms with Crippen molar-refractivity contribution >= 4 is 21.6 Å². The fourth-order valence-corrected chi connectivity index (χ4v) is 5.32. The number of nitrogens with one attached hydrogen (secondary N) is 1. The van der Waals surface area contributed by atoms with Crippen molar-refractivity contribution < 1.29 is 17.9 Å². The van der Waals surface area contributed by atoms with Crippen LogP contribution in [0.2, 0.25) is 0 Å². The Kier molecular flexibility index (Phi) is 7.02. The van der Waals surface area contributed by atoms with Crippen molar-refractivity contribution in [1.29, 1.82) is 0 Å². The fraction of sp³-hybridized carbons (Fsp3) is 0.435. The number of rotatable bonds is 7. The van der Waals surface area contributed by atoms with Crippen molar-refractivity contribution in [2.75, 3.05) is 18.0 Å². The number of amides is 1. The zero-order chi connectivity index (χ0) is 21.7. The quantitative estimate of drug-likeness (QED) is 0.723. The molecule has 0 unspecified atom stereocenters. The number of sulfonamides is 1. The molecule has 162 valence electrons. The van der Waals surface area contributed by atoms with Gasteiger partial charge >= 0.3 is 0 Å². The second kappa shape index (κ2) is 9.51. The number of nitrogens with zero attached hydrogens (tertiary/aromatic N) is 1. The van der Waals surface area contributed by atoms with Crippen LogP contribution in [0.25, 0.3) is 0 Å². The van der Waals surface area contributed by atoms with Gasteiger partial charge in [-0.3, -0.25) is 9.10 Å². The van der Waals surface area contributed by atoms with Crippen LogP contribution in [0.4, 0.5) is 5.69 Å². The zero-order valence-electron chi connectivity index (χ0n) is 17.8. The zero-order valence-corrected chi connectivity index (χ0v) is 18.6. The molecule has 0 heterocycles. The summed E-state index contributed by atoms with van der Waals surface area (Å²) >= 11 is 0. The second-order valence-corrected chi connectivity index (χ2v) is 9.79. The molecule has 1 N–H and O–H groups in total. The van der Waals surface area contributed by atoms with Crippen LogP contribution in [0.1, 0.15) is 38.2 Å². The van der Waals surface area contributed by atoms with Crippen molar-refractivity contribution in [1.82, 2.24) is 5.32 Å². The third-order valence-electron chi connectivity index (χ3n) is 5.71. The van der Waals surface area contributed by atoms with Gasteiger partial charge in [-0.05, 0) is 49.9 Å². The Bertz CT molecular complexity index is 973. The molecule has 2 aromatic carbocycles. The molecule has 30 heavy (non-hydrogen) atoms. The predicted molar refractivity (Wildman–Crippen MR) is 118 cm³/mol. The van der Waals surface area contributed by atoms with Crippen LogP contribution >= 0.6 is 0 Å². The maximum atomic E-state index is 13.5. The van der Waals surface area contributed by atoms with E-state index in [-0.39, 0.29) is 23.4 Å². The number of ether oxygens (including phenoxy) is 1. The summed E-state index contributed by atoms with van der Waals surface area (Å²) in [5.41, 5.74) is 1.30. The summed E-state index contributed by atoms with van der Waals surface area (Å²) in [7, 11) is -2.47. The minimum Gasteiger partial charge on any atom is -0.495 e. The van der Waals surface area contributed by atoms with Gasteiger partial charge in [0.15, 0.2) is 0 Å². The van der Waals surface area contributed by atoms with E-state index in [0.717, 1.165) is 29.1 Å². The van der Waals surface area contributed by atoms with E-state index in [1.54, 1.807) is 48.5 Å². The van der Waals surface area contributed by atoms with Gasteiger partial charge in [0, 0.05) is 6.04 Å². The van der Waals surface area contributed by atoms with E-state index in [1.165, 1.54) is 13.5 Å². The van der Waals surface area contributed by atoms with Crippen molar-refractivity contribution in [3.05, 3.63) is 54.1 Å². The molecule has 0 aromatic heterocycles. The van der Waals surface area contributed by atoms with E-state index in [1.807, 2.05) is 6.92 Å². The first-order valence-electron chi connectivity index (χ1n) is 10.3. The van der Waals surface area contributed by atoms with Crippen LogP contribution in [0.3, 0.4) is 0 Å². The summed E-state index contributed by atoms with van der Waals surface area (Å²) in [6, 6.07) is 13.5. The standard InChI is InChI=1S/C23H30N2O4S/c1-17-12-14-19(15-13-17)30(27,28)25(21-10-6-7-11-22(21)29-3)16-23(26)24-20-9-5-4-8-18(20)2/h6-7,10-15,18,20H,4-5,8-9,16H2,1-3H3,(H,24,26)/t18-,20-/m1/s1. The normalized spacial score (nSPS) is 19.2. The Labute approximate surface area is 179 Å². The summed E-state index contributed by atoms with van der Waals surface area (Å²) in [5.74, 6) is 0.471. The SMILES string of the molecule is COc1ccccc1N(CC(=O)N[C@@H]1CCCC[C@H]1C)S(=O)(=O)c1ccc(C)cc1. The van der Waals surface area contributed by atoms with Gasteiger partial charge in [-0.2, -0.15) is 0 Å². The van der Waals surface area contributed by atoms with Gasteiger partial charge in [0.1, 0.15) is 12.3 Å². The van der Waals surface area contributed by atoms with Crippen molar-refractivity contribution in [2.45, 2.75) is 50.5 Å². The smallest absolute Gasteiger partial charge is 0.264 e. The number of methoxy groups -OCH3 is 1. The van der Waals surface area contributed by atoms with Crippen LogP contribution in [-0.2, 0) is 14.8 Å². The molecule has 0 spiro atoms. The first-order valence-corrected chi connectivity index (χ1v) is 11.8. The molecule has 1 amide bonds. The summed E-state index contributed by atoms with van der Waals surface area (Å²) in [4.78, 5) is 13.1. The molecule has 0 aliphatic heterocycles. The highest BCUT2D eigenvalue weighted by atomic mass is 32.2. The van der Waals surface area contributed by atoms with E-state index < -0.39 is 10.0 Å². The minimum absolute atomic E-state index is 0.0767. The molecular formula is C23H30N2O4S. The van der Waals surface area contributed by atoms with E-state index in [9.17, 15) is 13.2 Å². The molecule has 7 heteroatoms. The fourth-order valence-electron chi connectivity index (χ4n) is 3.89. The number of carbonyl (C=O) groups excluding carboxylic acids is 1. The molecule has 3 rings (SSSR count). The molecule has 0 saturated heterocycles. The number of hydrogen-bond donors (Lipinski definition) is 1. The molecule has 1 aliphatic carbocycles. The first-order chi connectivity index (χ1) is 14.3. The van der Waals surface area contributed by atoms with Crippen LogP contribution in [0.5, 0.6) is 5.75 Å². The lowest BCUT2D eigenvalue weighted by atomic mass is 9.86. The Hall–Kier alpha value is -2.54. The third kappa shape index (κ3) is 4.95. The summed E-state index contributed by atoms with van der Waals surface area (Å²) in [5, 5.41) is 3.05. The largest absolute Gasteiger partial charge is 0.495 e. The van der Waals surface area contributed by atoms with Gasteiger partial charge in [0.25, 0.3) is 10.0 Å². The molecule has 1 fully saturated rings. The molecule has 2 aromatic rings. The van der Waals surface area contributed by atoms with E-state index >= 15 is 0 Å². The van der Waals surface area contributed by atoms with Gasteiger partial charge in [-0.15, -0.1) is 0 Å². The van der Waals surface area contributed by atoms with Crippen LogP contribution < -0.4 is 14.4 Å². The first kappa shape index (κ1) is 22.2. The van der Waals surface area contributed by atoms with Crippen molar-refractivity contribution in [2.24, 2.45) is 5.92 Å². The molecule has 2 atom stereocenters. The number of para-hydroxylation sites is 2. The van der Waals surface area contributed by atoms with E-state index in [0.29, 0.717) is 17.4 Å². The average molecular weight is 431 g/mol. The molecule has 0 bridgehead atoms. The Balaban J connectivity index is 1.93. The lowest BCUT2D eigenvalue weighted by molar-refractivity contribution is -0.120. The highest BCUT2D eigenvalue weighted by molar-refractivity contribution is 7.92. The lowest BCUT2D eigenvalue weighted by Gasteiger charge is -2.31. The number of anilines is 1. The maximum absolute atomic E-state index is 13.5. The minimum atomic E-state index is -3.96. The monoisotopic (exact) mass is 430 g/mol. The van der Waals surface area contributed by atoms with Gasteiger partial charge in [-0.25, -0.2) is 8.42 Å². The predicted octanol–water partition coefficient (Wildman–Crippen LogP) is 3.89. The van der Waals surface area contributed by atoms with Gasteiger partial charge in [0.05, 0.1) is 17.7 Å². The Morgan fingerprint density at radius 3 is 2.43 bits per heavy atom. The Morgan fingerprint density at radius 2 is 1.77 bits per heavy atom. The topological polar surface area (TPSA) is 75.7 Å². The highest BCUT2D eigenvalue weighted by Gasteiger charge is 2.31. The highest BCUT2D eigenvalue weighted by Crippen LogP contribution is 2.32. The van der Waals surface area contributed by atoms with Crippen LogP contribution in [-0.4, -0.2) is 34.0 Å². The molecular weight excluding hydrogens is 400 g/mol. The number of carbonyl (C=O) groups is 1. The number of aryl methyl sites for hydroxylation is 1. The van der Waals surface area contributed by atoms with E-state index in [4.69, 9.17) is 4.74 Å². The summed E-state index contributed by atoms with van der Waals surface area (Å²) in [6.45, 7) is 3.72.